The molecule has 6 nitrogen and oxygen atoms in total. The number of para-hydroxylation sites is 2. The molecular formula is C33H38N4O2. The quantitative estimate of drug-likeness (QED) is 0.295. The Balaban J connectivity index is 1.31. The first-order valence-electron chi connectivity index (χ1n) is 14.2. The molecule has 0 saturated heterocycles. The molecule has 0 atom stereocenters. The van der Waals surface area contributed by atoms with Crippen LogP contribution < -0.4 is 5.32 Å². The van der Waals surface area contributed by atoms with Crippen molar-refractivity contribution >= 4 is 22.8 Å². The van der Waals surface area contributed by atoms with Gasteiger partial charge in [0.25, 0.3) is 0 Å². The van der Waals surface area contributed by atoms with E-state index in [1.807, 2.05) is 78.2 Å². The highest BCUT2D eigenvalue weighted by molar-refractivity contribution is 5.82. The summed E-state index contributed by atoms with van der Waals surface area (Å²) in [5.74, 6) is 0.942. The maximum atomic E-state index is 13.9. The third-order valence-corrected chi connectivity index (χ3v) is 7.84. The number of nitrogens with zero attached hydrogens (tertiary/aromatic N) is 3. The molecule has 0 unspecified atom stereocenters. The van der Waals surface area contributed by atoms with Crippen molar-refractivity contribution in [2.75, 3.05) is 6.54 Å². The van der Waals surface area contributed by atoms with Gasteiger partial charge in [0.05, 0.1) is 17.5 Å². The highest BCUT2D eigenvalue weighted by Crippen LogP contribution is 2.25. The summed E-state index contributed by atoms with van der Waals surface area (Å²) in [5.41, 5.74) is 5.14. The van der Waals surface area contributed by atoms with Gasteiger partial charge in [0.1, 0.15) is 12.4 Å². The smallest absolute Gasteiger partial charge is 0.243 e. The largest absolute Gasteiger partial charge is 0.355 e. The Kier molecular flexibility index (Phi) is 8.71. The van der Waals surface area contributed by atoms with Crippen LogP contribution in [0.3, 0.4) is 0 Å². The summed E-state index contributed by atoms with van der Waals surface area (Å²) in [6.07, 6.45) is 6.62. The van der Waals surface area contributed by atoms with E-state index in [2.05, 4.69) is 22.3 Å². The van der Waals surface area contributed by atoms with Gasteiger partial charge in [-0.15, -0.1) is 0 Å². The number of benzene rings is 3. The van der Waals surface area contributed by atoms with Crippen molar-refractivity contribution in [1.82, 2.24) is 19.8 Å². The number of nitrogens with one attached hydrogen (secondary N) is 1. The minimum Gasteiger partial charge on any atom is -0.355 e. The predicted molar refractivity (Wildman–Crippen MR) is 155 cm³/mol. The predicted octanol–water partition coefficient (Wildman–Crippen LogP) is 5.61. The van der Waals surface area contributed by atoms with Crippen LogP contribution in [0, 0.1) is 6.92 Å². The van der Waals surface area contributed by atoms with E-state index in [9.17, 15) is 9.59 Å². The minimum absolute atomic E-state index is 0.00521. The zero-order valence-electron chi connectivity index (χ0n) is 22.8. The van der Waals surface area contributed by atoms with Crippen LogP contribution in [-0.2, 0) is 35.5 Å². The molecule has 1 fully saturated rings. The summed E-state index contributed by atoms with van der Waals surface area (Å²) in [6, 6.07) is 26.5. The Hall–Kier alpha value is -3.93. The fraction of sp³-hybridized carbons (Fsp3) is 0.364. The molecule has 6 heteroatoms. The number of hydrogen-bond donors (Lipinski definition) is 1. The molecule has 1 aliphatic carbocycles. The summed E-state index contributed by atoms with van der Waals surface area (Å²) in [7, 11) is 0. The van der Waals surface area contributed by atoms with Crippen LogP contribution in [-0.4, -0.2) is 38.9 Å². The summed E-state index contributed by atoms with van der Waals surface area (Å²) < 4.78 is 2.05. The zero-order chi connectivity index (χ0) is 27.0. The van der Waals surface area contributed by atoms with Crippen LogP contribution in [0.1, 0.15) is 54.6 Å². The van der Waals surface area contributed by atoms with Crippen molar-refractivity contribution in [3.63, 3.8) is 0 Å². The molecule has 1 saturated carbocycles. The van der Waals surface area contributed by atoms with Gasteiger partial charge in [0.2, 0.25) is 11.8 Å². The van der Waals surface area contributed by atoms with Gasteiger partial charge in [-0.1, -0.05) is 86.0 Å². The molecule has 1 N–H and O–H groups in total. The molecule has 3 aromatic carbocycles. The molecule has 1 aromatic heterocycles. The van der Waals surface area contributed by atoms with Gasteiger partial charge in [-0.2, -0.15) is 0 Å². The molecule has 0 aliphatic heterocycles. The Labute approximate surface area is 231 Å². The van der Waals surface area contributed by atoms with Crippen molar-refractivity contribution in [3.05, 3.63) is 101 Å². The van der Waals surface area contributed by atoms with E-state index in [0.717, 1.165) is 46.4 Å². The lowest BCUT2D eigenvalue weighted by Gasteiger charge is -2.35. The Morgan fingerprint density at radius 2 is 1.64 bits per heavy atom. The number of imidazole rings is 1. The fourth-order valence-electron chi connectivity index (χ4n) is 5.67. The van der Waals surface area contributed by atoms with Crippen LogP contribution in [0.25, 0.3) is 11.0 Å². The average molecular weight is 523 g/mol. The summed E-state index contributed by atoms with van der Waals surface area (Å²) in [5, 5.41) is 3.05. The maximum Gasteiger partial charge on any atom is 0.243 e. The molecule has 0 spiro atoms. The Morgan fingerprint density at radius 3 is 2.44 bits per heavy atom. The standard InChI is InChI=1S/C33H38N4O2/c1-25-12-8-9-15-27(25)22-32(38)34-21-20-31-35-29-18-10-11-19-30(29)37(31)24-33(39)36(28-16-6-3-7-17-28)23-26-13-4-2-5-14-26/h2,4-5,8-15,18-19,28H,3,6-7,16-17,20-24H2,1H3,(H,34,38). The van der Waals surface area contributed by atoms with Crippen molar-refractivity contribution in [1.29, 1.82) is 0 Å². The molecule has 5 rings (SSSR count). The first kappa shape index (κ1) is 26.7. The lowest BCUT2D eigenvalue weighted by Crippen LogP contribution is -2.42. The number of carbonyl (C=O) groups excluding carboxylic acids is 2. The van der Waals surface area contributed by atoms with Crippen LogP contribution in [0.5, 0.6) is 0 Å². The summed E-state index contributed by atoms with van der Waals surface area (Å²) >= 11 is 0. The molecule has 1 aliphatic rings. The monoisotopic (exact) mass is 522 g/mol. The van der Waals surface area contributed by atoms with E-state index >= 15 is 0 Å². The third kappa shape index (κ3) is 6.75. The summed E-state index contributed by atoms with van der Waals surface area (Å²) in [4.78, 5) is 33.5. The first-order chi connectivity index (χ1) is 19.1. The molecule has 202 valence electrons. The van der Waals surface area contributed by atoms with E-state index in [4.69, 9.17) is 4.98 Å². The zero-order valence-corrected chi connectivity index (χ0v) is 22.8. The topological polar surface area (TPSA) is 67.2 Å². The molecule has 2 amide bonds. The highest BCUT2D eigenvalue weighted by atomic mass is 16.2. The van der Waals surface area contributed by atoms with Gasteiger partial charge in [-0.3, -0.25) is 9.59 Å². The van der Waals surface area contributed by atoms with E-state index in [-0.39, 0.29) is 24.4 Å². The SMILES string of the molecule is Cc1ccccc1CC(=O)NCCc1nc2ccccc2n1CC(=O)N(Cc1ccccc1)C1CCCCC1. The van der Waals surface area contributed by atoms with Gasteiger partial charge >= 0.3 is 0 Å². The van der Waals surface area contributed by atoms with Gasteiger partial charge in [-0.05, 0) is 48.6 Å². The lowest BCUT2D eigenvalue weighted by molar-refractivity contribution is -0.135. The molecule has 0 bridgehead atoms. The summed E-state index contributed by atoms with van der Waals surface area (Å²) in [6.45, 7) is 3.37. The van der Waals surface area contributed by atoms with Crippen LogP contribution >= 0.6 is 0 Å². The highest BCUT2D eigenvalue weighted by Gasteiger charge is 2.27. The minimum atomic E-state index is -0.00521. The Bertz CT molecular complexity index is 1410. The number of hydrogen-bond acceptors (Lipinski definition) is 3. The number of aryl methyl sites for hydroxylation is 1. The van der Waals surface area contributed by atoms with Crippen LogP contribution in [0.15, 0.2) is 78.9 Å². The van der Waals surface area contributed by atoms with Gasteiger partial charge in [0, 0.05) is 25.6 Å². The second kappa shape index (κ2) is 12.7. The number of rotatable bonds is 10. The normalized spacial score (nSPS) is 13.9. The van der Waals surface area contributed by atoms with Crippen molar-refractivity contribution in [2.45, 2.75) is 71.0 Å². The first-order valence-corrected chi connectivity index (χ1v) is 14.2. The number of fused-ring (bicyclic) bond motifs is 1. The average Bonchev–Trinajstić information content (AvgIpc) is 3.31. The Morgan fingerprint density at radius 1 is 0.923 bits per heavy atom. The lowest BCUT2D eigenvalue weighted by atomic mass is 9.93. The number of carbonyl (C=O) groups is 2. The second-order valence-corrected chi connectivity index (χ2v) is 10.6. The third-order valence-electron chi connectivity index (χ3n) is 7.84. The molecule has 0 radical (unpaired) electrons. The van der Waals surface area contributed by atoms with E-state index in [1.54, 1.807) is 0 Å². The second-order valence-electron chi connectivity index (χ2n) is 10.6. The van der Waals surface area contributed by atoms with Crippen LogP contribution in [0.4, 0.5) is 0 Å². The van der Waals surface area contributed by atoms with Crippen molar-refractivity contribution < 1.29 is 9.59 Å². The van der Waals surface area contributed by atoms with E-state index in [0.29, 0.717) is 25.9 Å². The van der Waals surface area contributed by atoms with Gasteiger partial charge < -0.3 is 14.8 Å². The number of aromatic nitrogens is 2. The van der Waals surface area contributed by atoms with E-state index < -0.39 is 0 Å². The molecular weight excluding hydrogens is 484 g/mol. The van der Waals surface area contributed by atoms with E-state index in [1.165, 1.54) is 19.3 Å². The maximum absolute atomic E-state index is 13.9. The molecule has 4 aromatic rings. The molecule has 1 heterocycles. The van der Waals surface area contributed by atoms with Crippen LogP contribution in [0.2, 0.25) is 0 Å². The van der Waals surface area contributed by atoms with Crippen molar-refractivity contribution in [3.8, 4) is 0 Å². The van der Waals surface area contributed by atoms with Gasteiger partial charge in [-0.25, -0.2) is 4.98 Å². The fourth-order valence-corrected chi connectivity index (χ4v) is 5.67. The number of amides is 2. The molecule has 39 heavy (non-hydrogen) atoms. The van der Waals surface area contributed by atoms with Gasteiger partial charge in [0.15, 0.2) is 0 Å². The van der Waals surface area contributed by atoms with Crippen molar-refractivity contribution in [2.24, 2.45) is 0 Å².